The highest BCUT2D eigenvalue weighted by Crippen LogP contribution is 2.32. The van der Waals surface area contributed by atoms with E-state index in [1.54, 1.807) is 0 Å². The van der Waals surface area contributed by atoms with Crippen LogP contribution in [0.25, 0.3) is 11.3 Å². The minimum atomic E-state index is 0.153. The average molecular weight is 272 g/mol. The van der Waals surface area contributed by atoms with Gasteiger partial charge in [-0.15, -0.1) is 0 Å². The largest absolute Gasteiger partial charge is 0.356 e. The molecule has 0 spiro atoms. The van der Waals surface area contributed by atoms with Crippen molar-refractivity contribution in [3.63, 3.8) is 0 Å². The average Bonchev–Trinajstić information content (AvgIpc) is 2.71. The standard InChI is InChI=1S/C17H24N2O/c1-11-10-13(17(3,4)5)6-7-14(11)16-15(8-9-18)12(2)19-20-16/h6-7,10H,8-9,18H2,1-5H3. The lowest BCUT2D eigenvalue weighted by Gasteiger charge is -2.20. The predicted octanol–water partition coefficient (Wildman–Crippen LogP) is 3.76. The van der Waals surface area contributed by atoms with Gasteiger partial charge in [-0.2, -0.15) is 0 Å². The van der Waals surface area contributed by atoms with Crippen LogP contribution >= 0.6 is 0 Å². The summed E-state index contributed by atoms with van der Waals surface area (Å²) in [6.07, 6.45) is 0.797. The molecular formula is C17H24N2O. The van der Waals surface area contributed by atoms with Gasteiger partial charge in [0, 0.05) is 11.1 Å². The van der Waals surface area contributed by atoms with Gasteiger partial charge in [-0.25, -0.2) is 0 Å². The van der Waals surface area contributed by atoms with E-state index in [2.05, 4.69) is 51.1 Å². The Bertz CT molecular complexity index is 606. The second-order valence-electron chi connectivity index (χ2n) is 6.39. The van der Waals surface area contributed by atoms with Crippen molar-refractivity contribution < 1.29 is 4.52 Å². The summed E-state index contributed by atoms with van der Waals surface area (Å²) < 4.78 is 5.53. The van der Waals surface area contributed by atoms with Crippen LogP contribution in [0.5, 0.6) is 0 Å². The monoisotopic (exact) mass is 272 g/mol. The second-order valence-corrected chi connectivity index (χ2v) is 6.39. The summed E-state index contributed by atoms with van der Waals surface area (Å²) in [5, 5.41) is 4.09. The van der Waals surface area contributed by atoms with Crippen LogP contribution in [0.2, 0.25) is 0 Å². The fourth-order valence-electron chi connectivity index (χ4n) is 2.42. The normalized spacial score (nSPS) is 11.9. The van der Waals surface area contributed by atoms with E-state index in [0.717, 1.165) is 29.0 Å². The van der Waals surface area contributed by atoms with Crippen LogP contribution < -0.4 is 5.73 Å². The molecule has 0 radical (unpaired) electrons. The topological polar surface area (TPSA) is 52.0 Å². The van der Waals surface area contributed by atoms with Gasteiger partial charge in [0.1, 0.15) is 0 Å². The van der Waals surface area contributed by atoms with Crippen molar-refractivity contribution in [3.8, 4) is 11.3 Å². The van der Waals surface area contributed by atoms with Crippen LogP contribution in [0.15, 0.2) is 22.7 Å². The summed E-state index contributed by atoms with van der Waals surface area (Å²) in [4.78, 5) is 0. The fraction of sp³-hybridized carbons (Fsp3) is 0.471. The molecule has 0 saturated heterocycles. The third-order valence-corrected chi connectivity index (χ3v) is 3.72. The zero-order chi connectivity index (χ0) is 14.9. The molecule has 3 heteroatoms. The summed E-state index contributed by atoms with van der Waals surface area (Å²) in [7, 11) is 0. The van der Waals surface area contributed by atoms with Crippen LogP contribution in [0.3, 0.4) is 0 Å². The molecule has 0 aliphatic heterocycles. The minimum Gasteiger partial charge on any atom is -0.356 e. The van der Waals surface area contributed by atoms with Gasteiger partial charge >= 0.3 is 0 Å². The van der Waals surface area contributed by atoms with Gasteiger partial charge in [-0.3, -0.25) is 0 Å². The van der Waals surface area contributed by atoms with E-state index in [9.17, 15) is 0 Å². The molecule has 0 fully saturated rings. The first-order valence-electron chi connectivity index (χ1n) is 7.11. The Morgan fingerprint density at radius 1 is 1.20 bits per heavy atom. The van der Waals surface area contributed by atoms with E-state index in [1.165, 1.54) is 11.1 Å². The Labute approximate surface area is 121 Å². The van der Waals surface area contributed by atoms with Crippen LogP contribution in [-0.2, 0) is 11.8 Å². The summed E-state index contributed by atoms with van der Waals surface area (Å²) in [5.41, 5.74) is 11.6. The molecule has 2 rings (SSSR count). The zero-order valence-electron chi connectivity index (χ0n) is 13.1. The molecule has 0 amide bonds. The Morgan fingerprint density at radius 3 is 2.45 bits per heavy atom. The number of nitrogens with two attached hydrogens (primary N) is 1. The van der Waals surface area contributed by atoms with E-state index in [0.29, 0.717) is 6.54 Å². The highest BCUT2D eigenvalue weighted by molar-refractivity contribution is 5.66. The summed E-state index contributed by atoms with van der Waals surface area (Å²) >= 11 is 0. The predicted molar refractivity (Wildman–Crippen MR) is 82.9 cm³/mol. The zero-order valence-corrected chi connectivity index (χ0v) is 13.1. The van der Waals surface area contributed by atoms with Gasteiger partial charge in [0.25, 0.3) is 0 Å². The molecule has 108 valence electrons. The first-order valence-corrected chi connectivity index (χ1v) is 7.11. The maximum atomic E-state index is 5.69. The first kappa shape index (κ1) is 14.8. The number of benzene rings is 1. The molecule has 0 atom stereocenters. The summed E-state index contributed by atoms with van der Waals surface area (Å²) in [6, 6.07) is 6.54. The molecule has 2 N–H and O–H groups in total. The smallest absolute Gasteiger partial charge is 0.170 e. The molecule has 1 heterocycles. The Balaban J connectivity index is 2.49. The minimum absolute atomic E-state index is 0.153. The number of nitrogens with zero attached hydrogens (tertiary/aromatic N) is 1. The van der Waals surface area contributed by atoms with E-state index in [1.807, 2.05) is 6.92 Å². The Morgan fingerprint density at radius 2 is 1.90 bits per heavy atom. The highest BCUT2D eigenvalue weighted by Gasteiger charge is 2.19. The SMILES string of the molecule is Cc1cc(C(C)(C)C)ccc1-c1onc(C)c1CCN. The number of hydrogen-bond donors (Lipinski definition) is 1. The van der Waals surface area contributed by atoms with E-state index >= 15 is 0 Å². The number of rotatable bonds is 3. The Kier molecular flexibility index (Phi) is 4.00. The van der Waals surface area contributed by atoms with E-state index < -0.39 is 0 Å². The van der Waals surface area contributed by atoms with Crippen LogP contribution in [0, 0.1) is 13.8 Å². The molecule has 20 heavy (non-hydrogen) atoms. The summed E-state index contributed by atoms with van der Waals surface area (Å²) in [5.74, 6) is 0.867. The molecule has 0 unspecified atom stereocenters. The molecule has 0 bridgehead atoms. The van der Waals surface area contributed by atoms with Gasteiger partial charge < -0.3 is 10.3 Å². The molecule has 0 aliphatic carbocycles. The number of aryl methyl sites for hydroxylation is 2. The number of hydrogen-bond acceptors (Lipinski definition) is 3. The third-order valence-electron chi connectivity index (χ3n) is 3.72. The maximum absolute atomic E-state index is 5.69. The van der Waals surface area contributed by atoms with Crippen molar-refractivity contribution in [2.75, 3.05) is 6.54 Å². The van der Waals surface area contributed by atoms with Gasteiger partial charge in [0.15, 0.2) is 5.76 Å². The third kappa shape index (κ3) is 2.78. The van der Waals surface area contributed by atoms with Crippen molar-refractivity contribution in [2.24, 2.45) is 5.73 Å². The molecule has 0 saturated carbocycles. The van der Waals surface area contributed by atoms with Gasteiger partial charge in [-0.05, 0) is 43.4 Å². The highest BCUT2D eigenvalue weighted by atomic mass is 16.5. The Hall–Kier alpha value is -1.61. The first-order chi connectivity index (χ1) is 9.34. The fourth-order valence-corrected chi connectivity index (χ4v) is 2.42. The van der Waals surface area contributed by atoms with Crippen LogP contribution in [0.1, 0.15) is 43.2 Å². The van der Waals surface area contributed by atoms with Crippen molar-refractivity contribution in [3.05, 3.63) is 40.6 Å². The van der Waals surface area contributed by atoms with Gasteiger partial charge in [0.05, 0.1) is 5.69 Å². The lowest BCUT2D eigenvalue weighted by molar-refractivity contribution is 0.426. The van der Waals surface area contributed by atoms with E-state index in [-0.39, 0.29) is 5.41 Å². The van der Waals surface area contributed by atoms with E-state index in [4.69, 9.17) is 10.3 Å². The molecule has 3 nitrogen and oxygen atoms in total. The maximum Gasteiger partial charge on any atom is 0.170 e. The molecule has 1 aromatic carbocycles. The van der Waals surface area contributed by atoms with Crippen molar-refractivity contribution in [1.82, 2.24) is 5.16 Å². The quantitative estimate of drug-likeness (QED) is 0.925. The van der Waals surface area contributed by atoms with Gasteiger partial charge in [-0.1, -0.05) is 44.1 Å². The molecule has 1 aromatic heterocycles. The van der Waals surface area contributed by atoms with Crippen molar-refractivity contribution in [1.29, 1.82) is 0 Å². The number of aromatic nitrogens is 1. The lowest BCUT2D eigenvalue weighted by Crippen LogP contribution is -2.11. The van der Waals surface area contributed by atoms with Crippen LogP contribution in [0.4, 0.5) is 0 Å². The van der Waals surface area contributed by atoms with Crippen molar-refractivity contribution in [2.45, 2.75) is 46.5 Å². The molecule has 0 aliphatic rings. The molecule has 2 aromatic rings. The second kappa shape index (κ2) is 5.41. The van der Waals surface area contributed by atoms with Gasteiger partial charge in [0.2, 0.25) is 0 Å². The van der Waals surface area contributed by atoms with Crippen LogP contribution in [-0.4, -0.2) is 11.7 Å². The lowest BCUT2D eigenvalue weighted by atomic mass is 9.85. The summed E-state index contributed by atoms with van der Waals surface area (Å²) in [6.45, 7) is 11.4. The van der Waals surface area contributed by atoms with Crippen molar-refractivity contribution >= 4 is 0 Å². The molecular weight excluding hydrogens is 248 g/mol.